The van der Waals surface area contributed by atoms with Crippen LogP contribution in [-0.4, -0.2) is 32.6 Å². The third-order valence-electron chi connectivity index (χ3n) is 10.7. The maximum absolute atomic E-state index is 7.78. The molecule has 2 aliphatic heterocycles. The highest BCUT2D eigenvalue weighted by Crippen LogP contribution is 2.60. The summed E-state index contributed by atoms with van der Waals surface area (Å²) in [6, 6.07) is 32.8. The lowest BCUT2D eigenvalue weighted by Crippen LogP contribution is -2.37. The van der Waals surface area contributed by atoms with Gasteiger partial charge in [0.1, 0.15) is 5.75 Å². The molecule has 2 heterocycles. The molecule has 5 aromatic rings. The fourth-order valence-corrected chi connectivity index (χ4v) is 8.67. The van der Waals surface area contributed by atoms with Crippen LogP contribution < -0.4 is 9.64 Å². The predicted octanol–water partition coefficient (Wildman–Crippen LogP) is 10.4. The summed E-state index contributed by atoms with van der Waals surface area (Å²) in [7, 11) is 0. The van der Waals surface area contributed by atoms with Crippen molar-refractivity contribution in [1.82, 2.24) is 0 Å². The van der Waals surface area contributed by atoms with Gasteiger partial charge in [0.15, 0.2) is 11.3 Å². The molecule has 4 nitrogen and oxygen atoms in total. The molecule has 0 amide bonds. The molecule has 1 saturated heterocycles. The zero-order chi connectivity index (χ0) is 32.2. The number of anilines is 1. The van der Waals surface area contributed by atoms with Crippen LogP contribution in [0.4, 0.5) is 11.4 Å². The first-order valence-electron chi connectivity index (χ1n) is 16.6. The van der Waals surface area contributed by atoms with Crippen molar-refractivity contribution in [3.8, 4) is 16.9 Å². The minimum Gasteiger partial charge on any atom is -0.472 e. The molecule has 234 valence electrons. The van der Waals surface area contributed by atoms with E-state index in [2.05, 4.69) is 127 Å². The number of rotatable bonds is 6. The predicted molar refractivity (Wildman–Crippen MR) is 195 cm³/mol. The second-order valence-electron chi connectivity index (χ2n) is 12.7. The molecular formula is C42H38N2O2S. The quantitative estimate of drug-likeness (QED) is 0.137. The summed E-state index contributed by atoms with van der Waals surface area (Å²) in [5.74, 6) is 0.928. The van der Waals surface area contributed by atoms with Crippen molar-refractivity contribution in [2.45, 2.75) is 42.6 Å². The summed E-state index contributed by atoms with van der Waals surface area (Å²) >= 11 is 1.75. The molecule has 0 aromatic heterocycles. The summed E-state index contributed by atoms with van der Waals surface area (Å²) in [6.45, 7) is 15.7. The van der Waals surface area contributed by atoms with Crippen LogP contribution in [0.5, 0.6) is 5.75 Å². The van der Waals surface area contributed by atoms with Gasteiger partial charge in [-0.15, -0.1) is 11.8 Å². The van der Waals surface area contributed by atoms with E-state index in [0.717, 1.165) is 67.0 Å². The molecule has 1 unspecified atom stereocenters. The van der Waals surface area contributed by atoms with Gasteiger partial charge < -0.3 is 14.4 Å². The van der Waals surface area contributed by atoms with Gasteiger partial charge in [-0.3, -0.25) is 0 Å². The van der Waals surface area contributed by atoms with E-state index in [-0.39, 0.29) is 5.41 Å². The third kappa shape index (κ3) is 4.46. The SMILES string of the molecule is [C-]#[N+]c1ccc2c(c1)C(CC)(CC)c1c3c(c4ccccc4c1-2)OC(c1ccc(SC)cc1)(c1ccc(N2CCOCC2)cc1)C=C3. The van der Waals surface area contributed by atoms with Crippen LogP contribution in [0.2, 0.25) is 0 Å². The maximum Gasteiger partial charge on any atom is 0.187 e. The van der Waals surface area contributed by atoms with E-state index in [1.165, 1.54) is 38.2 Å². The van der Waals surface area contributed by atoms with E-state index in [0.29, 0.717) is 5.69 Å². The molecule has 47 heavy (non-hydrogen) atoms. The molecule has 1 atom stereocenters. The van der Waals surface area contributed by atoms with Gasteiger partial charge in [-0.25, -0.2) is 4.85 Å². The van der Waals surface area contributed by atoms with Crippen molar-refractivity contribution in [1.29, 1.82) is 0 Å². The molecular weight excluding hydrogens is 597 g/mol. The van der Waals surface area contributed by atoms with Crippen molar-refractivity contribution in [3.63, 3.8) is 0 Å². The van der Waals surface area contributed by atoms with E-state index in [1.807, 2.05) is 6.07 Å². The van der Waals surface area contributed by atoms with Gasteiger partial charge in [0.05, 0.1) is 19.8 Å². The van der Waals surface area contributed by atoms with Gasteiger partial charge in [-0.05, 0) is 77.1 Å². The number of morpholine rings is 1. The van der Waals surface area contributed by atoms with Gasteiger partial charge in [0, 0.05) is 51.2 Å². The number of hydrogen-bond acceptors (Lipinski definition) is 4. The van der Waals surface area contributed by atoms with Crippen LogP contribution >= 0.6 is 11.8 Å². The topological polar surface area (TPSA) is 26.1 Å². The number of fused-ring (bicyclic) bond motifs is 8. The highest BCUT2D eigenvalue weighted by Gasteiger charge is 2.46. The zero-order valence-electron chi connectivity index (χ0n) is 27.2. The first-order valence-corrected chi connectivity index (χ1v) is 17.9. The Morgan fingerprint density at radius 3 is 2.19 bits per heavy atom. The van der Waals surface area contributed by atoms with Gasteiger partial charge in [0.2, 0.25) is 0 Å². The first-order chi connectivity index (χ1) is 23.1. The second-order valence-corrected chi connectivity index (χ2v) is 13.6. The second kappa shape index (κ2) is 11.6. The Bertz CT molecular complexity index is 2070. The molecule has 5 heteroatoms. The lowest BCUT2D eigenvalue weighted by molar-refractivity contribution is 0.122. The monoisotopic (exact) mass is 634 g/mol. The summed E-state index contributed by atoms with van der Waals surface area (Å²) in [5, 5.41) is 2.32. The van der Waals surface area contributed by atoms with Crippen molar-refractivity contribution < 1.29 is 9.47 Å². The minimum absolute atomic E-state index is 0.215. The molecule has 0 saturated carbocycles. The Morgan fingerprint density at radius 2 is 1.53 bits per heavy atom. The van der Waals surface area contributed by atoms with Crippen molar-refractivity contribution >= 4 is 40.0 Å². The Hall–Kier alpha value is -4.50. The number of nitrogens with zero attached hydrogens (tertiary/aromatic N) is 2. The van der Waals surface area contributed by atoms with Gasteiger partial charge in [0.25, 0.3) is 0 Å². The van der Waals surface area contributed by atoms with Crippen LogP contribution in [0.15, 0.2) is 102 Å². The molecule has 3 aliphatic rings. The highest BCUT2D eigenvalue weighted by atomic mass is 32.2. The van der Waals surface area contributed by atoms with E-state index in [1.54, 1.807) is 11.8 Å². The summed E-state index contributed by atoms with van der Waals surface area (Å²) in [4.78, 5) is 7.45. The van der Waals surface area contributed by atoms with Crippen molar-refractivity contribution in [2.24, 2.45) is 0 Å². The van der Waals surface area contributed by atoms with Crippen molar-refractivity contribution in [3.05, 3.63) is 136 Å². The summed E-state index contributed by atoms with van der Waals surface area (Å²) in [5.41, 5.74) is 9.36. The first kappa shape index (κ1) is 29.9. The van der Waals surface area contributed by atoms with Gasteiger partial charge in [-0.1, -0.05) is 86.7 Å². The Labute approximate surface area is 281 Å². The zero-order valence-corrected chi connectivity index (χ0v) is 28.0. The number of ether oxygens (including phenoxy) is 2. The molecule has 8 rings (SSSR count). The Balaban J connectivity index is 1.37. The normalized spacial score (nSPS) is 19.1. The standard InChI is InChI=1S/C42H38N2O2S/c1-5-41(6-2)37-27-30(43-3)15-20-35(37)38-33-9-7-8-10-34(33)40-36(39(38)41)21-22-42(46-40,29-13-18-32(47-4)19-14-29)28-11-16-31(17-12-28)44-23-25-45-26-24-44/h7-22,27H,5-6,23-26H2,1-2,4H3. The minimum atomic E-state index is -0.811. The smallest absolute Gasteiger partial charge is 0.187 e. The average molecular weight is 635 g/mol. The van der Waals surface area contributed by atoms with E-state index < -0.39 is 5.60 Å². The van der Waals surface area contributed by atoms with Gasteiger partial charge in [-0.2, -0.15) is 0 Å². The molecule has 5 aromatic carbocycles. The Kier molecular flexibility index (Phi) is 7.39. The number of hydrogen-bond donors (Lipinski definition) is 0. The largest absolute Gasteiger partial charge is 0.472 e. The van der Waals surface area contributed by atoms with E-state index in [9.17, 15) is 0 Å². The number of thioether (sulfide) groups is 1. The van der Waals surface area contributed by atoms with Crippen LogP contribution in [0.3, 0.4) is 0 Å². The third-order valence-corrected chi connectivity index (χ3v) is 11.5. The van der Waals surface area contributed by atoms with Crippen LogP contribution in [0.25, 0.3) is 32.8 Å². The lowest BCUT2D eigenvalue weighted by atomic mass is 9.71. The molecule has 1 aliphatic carbocycles. The van der Waals surface area contributed by atoms with Gasteiger partial charge >= 0.3 is 0 Å². The summed E-state index contributed by atoms with van der Waals surface area (Å²) in [6.07, 6.45) is 8.61. The molecule has 0 radical (unpaired) electrons. The molecule has 1 fully saturated rings. The van der Waals surface area contributed by atoms with Crippen LogP contribution in [0, 0.1) is 6.57 Å². The molecule has 0 spiro atoms. The summed E-state index contributed by atoms with van der Waals surface area (Å²) < 4.78 is 13.1. The molecule has 0 N–H and O–H groups in total. The lowest BCUT2D eigenvalue weighted by Gasteiger charge is -2.39. The van der Waals surface area contributed by atoms with Crippen molar-refractivity contribution in [2.75, 3.05) is 37.5 Å². The highest BCUT2D eigenvalue weighted by molar-refractivity contribution is 7.98. The molecule has 0 bridgehead atoms. The fraction of sp³-hybridized carbons (Fsp3) is 0.262. The maximum atomic E-state index is 7.78. The Morgan fingerprint density at radius 1 is 0.851 bits per heavy atom. The van der Waals surface area contributed by atoms with E-state index >= 15 is 0 Å². The fourth-order valence-electron chi connectivity index (χ4n) is 8.26. The average Bonchev–Trinajstić information content (AvgIpc) is 3.45. The van der Waals surface area contributed by atoms with Crippen LogP contribution in [-0.2, 0) is 15.8 Å². The van der Waals surface area contributed by atoms with Crippen LogP contribution in [0.1, 0.15) is 54.5 Å². The van der Waals surface area contributed by atoms with E-state index in [4.69, 9.17) is 16.0 Å². The number of benzene rings is 5.